The normalized spacial score (nSPS) is 10.6. The van der Waals surface area contributed by atoms with Gasteiger partial charge in [-0.3, -0.25) is 4.79 Å². The van der Waals surface area contributed by atoms with Crippen molar-refractivity contribution in [2.75, 3.05) is 0 Å². The standard InChI is InChI=1S/C13H14N2O2S/c1-8-11(3-4-12(16)17)9(2)15-13(14-8)10-5-6-18-7-10/h5-7H,3-4H2,1-2H3,(H,16,17). The fourth-order valence-electron chi connectivity index (χ4n) is 1.85. The van der Waals surface area contributed by atoms with E-state index in [1.165, 1.54) is 0 Å². The van der Waals surface area contributed by atoms with Gasteiger partial charge < -0.3 is 5.11 Å². The zero-order chi connectivity index (χ0) is 13.1. The molecule has 18 heavy (non-hydrogen) atoms. The average molecular weight is 262 g/mol. The molecule has 0 fully saturated rings. The summed E-state index contributed by atoms with van der Waals surface area (Å²) in [5, 5.41) is 12.7. The summed E-state index contributed by atoms with van der Waals surface area (Å²) < 4.78 is 0. The van der Waals surface area contributed by atoms with E-state index >= 15 is 0 Å². The second kappa shape index (κ2) is 5.27. The molecule has 0 aromatic carbocycles. The van der Waals surface area contributed by atoms with Crippen molar-refractivity contribution in [2.24, 2.45) is 0 Å². The van der Waals surface area contributed by atoms with Gasteiger partial charge in [0, 0.05) is 28.8 Å². The minimum atomic E-state index is -0.796. The Labute approximate surface area is 109 Å². The highest BCUT2D eigenvalue weighted by Gasteiger charge is 2.11. The van der Waals surface area contributed by atoms with Crippen LogP contribution in [-0.4, -0.2) is 21.0 Å². The van der Waals surface area contributed by atoms with Gasteiger partial charge in [0.05, 0.1) is 0 Å². The van der Waals surface area contributed by atoms with E-state index in [-0.39, 0.29) is 6.42 Å². The summed E-state index contributed by atoms with van der Waals surface area (Å²) in [5.41, 5.74) is 3.68. The molecule has 4 nitrogen and oxygen atoms in total. The van der Waals surface area contributed by atoms with Gasteiger partial charge in [0.15, 0.2) is 5.82 Å². The van der Waals surface area contributed by atoms with Gasteiger partial charge in [0.25, 0.3) is 0 Å². The lowest BCUT2D eigenvalue weighted by Gasteiger charge is -2.09. The van der Waals surface area contributed by atoms with Crippen molar-refractivity contribution in [1.29, 1.82) is 0 Å². The van der Waals surface area contributed by atoms with Gasteiger partial charge in [-0.25, -0.2) is 9.97 Å². The highest BCUT2D eigenvalue weighted by Crippen LogP contribution is 2.21. The molecule has 0 amide bonds. The third kappa shape index (κ3) is 2.73. The van der Waals surface area contributed by atoms with Crippen LogP contribution in [0.25, 0.3) is 11.4 Å². The Morgan fingerprint density at radius 1 is 1.33 bits per heavy atom. The zero-order valence-corrected chi connectivity index (χ0v) is 11.1. The second-order valence-corrected chi connectivity index (χ2v) is 4.88. The van der Waals surface area contributed by atoms with Crippen LogP contribution in [0.15, 0.2) is 16.8 Å². The molecule has 0 saturated heterocycles. The van der Waals surface area contributed by atoms with Gasteiger partial charge in [0.1, 0.15) is 0 Å². The Morgan fingerprint density at radius 3 is 2.50 bits per heavy atom. The second-order valence-electron chi connectivity index (χ2n) is 4.10. The van der Waals surface area contributed by atoms with Gasteiger partial charge >= 0.3 is 5.97 Å². The number of aliphatic carboxylic acids is 1. The van der Waals surface area contributed by atoms with Gasteiger partial charge in [-0.05, 0) is 37.3 Å². The Morgan fingerprint density at radius 2 is 2.00 bits per heavy atom. The van der Waals surface area contributed by atoms with E-state index in [2.05, 4.69) is 9.97 Å². The smallest absolute Gasteiger partial charge is 0.303 e. The average Bonchev–Trinajstić information content (AvgIpc) is 2.80. The molecule has 5 heteroatoms. The van der Waals surface area contributed by atoms with Crippen molar-refractivity contribution in [1.82, 2.24) is 9.97 Å². The Bertz CT molecular complexity index is 541. The number of hydrogen-bond donors (Lipinski definition) is 1. The maximum atomic E-state index is 10.6. The van der Waals surface area contributed by atoms with Crippen LogP contribution >= 0.6 is 11.3 Å². The van der Waals surface area contributed by atoms with Crippen LogP contribution in [-0.2, 0) is 11.2 Å². The predicted molar refractivity (Wildman–Crippen MR) is 70.8 cm³/mol. The molecule has 2 rings (SSSR count). The van der Waals surface area contributed by atoms with Crippen molar-refractivity contribution >= 4 is 17.3 Å². The first-order valence-electron chi connectivity index (χ1n) is 5.66. The molecule has 0 bridgehead atoms. The molecular formula is C13H14N2O2S. The lowest BCUT2D eigenvalue weighted by atomic mass is 10.1. The molecule has 0 aliphatic heterocycles. The SMILES string of the molecule is Cc1nc(-c2ccsc2)nc(C)c1CCC(=O)O. The molecule has 0 unspecified atom stereocenters. The fourth-order valence-corrected chi connectivity index (χ4v) is 2.49. The molecule has 0 spiro atoms. The van der Waals surface area contributed by atoms with E-state index in [1.54, 1.807) is 11.3 Å². The molecule has 2 heterocycles. The van der Waals surface area contributed by atoms with Crippen LogP contribution in [0, 0.1) is 13.8 Å². The molecule has 0 radical (unpaired) electrons. The predicted octanol–water partition coefficient (Wildman–Crippen LogP) is 2.84. The molecule has 0 atom stereocenters. The summed E-state index contributed by atoms with van der Waals surface area (Å²) in [7, 11) is 0. The monoisotopic (exact) mass is 262 g/mol. The molecule has 0 aliphatic rings. The maximum Gasteiger partial charge on any atom is 0.303 e. The number of aryl methyl sites for hydroxylation is 2. The summed E-state index contributed by atoms with van der Waals surface area (Å²) in [5.74, 6) is -0.0824. The van der Waals surface area contributed by atoms with E-state index in [9.17, 15) is 4.79 Å². The molecule has 0 saturated carbocycles. The van der Waals surface area contributed by atoms with Gasteiger partial charge in [-0.1, -0.05) is 0 Å². The number of aromatic nitrogens is 2. The minimum absolute atomic E-state index is 0.114. The van der Waals surface area contributed by atoms with E-state index in [0.29, 0.717) is 12.2 Å². The van der Waals surface area contributed by atoms with Crippen molar-refractivity contribution in [2.45, 2.75) is 26.7 Å². The van der Waals surface area contributed by atoms with Crippen LogP contribution < -0.4 is 0 Å². The number of rotatable bonds is 4. The lowest BCUT2D eigenvalue weighted by molar-refractivity contribution is -0.136. The third-order valence-electron chi connectivity index (χ3n) is 2.79. The van der Waals surface area contributed by atoms with E-state index < -0.39 is 5.97 Å². The van der Waals surface area contributed by atoms with E-state index in [1.807, 2.05) is 30.7 Å². The highest BCUT2D eigenvalue weighted by molar-refractivity contribution is 7.08. The van der Waals surface area contributed by atoms with E-state index in [4.69, 9.17) is 5.11 Å². The first-order chi connectivity index (χ1) is 8.58. The lowest BCUT2D eigenvalue weighted by Crippen LogP contribution is -2.05. The van der Waals surface area contributed by atoms with Gasteiger partial charge in [0.2, 0.25) is 0 Å². The molecule has 94 valence electrons. The Balaban J connectivity index is 2.32. The molecule has 2 aromatic rings. The van der Waals surface area contributed by atoms with Crippen molar-refractivity contribution in [3.05, 3.63) is 33.8 Å². The summed E-state index contributed by atoms with van der Waals surface area (Å²) in [4.78, 5) is 19.5. The van der Waals surface area contributed by atoms with Crippen molar-refractivity contribution < 1.29 is 9.90 Å². The topological polar surface area (TPSA) is 63.1 Å². The van der Waals surface area contributed by atoms with Gasteiger partial charge in [-0.2, -0.15) is 11.3 Å². The maximum absolute atomic E-state index is 10.6. The van der Waals surface area contributed by atoms with E-state index in [0.717, 1.165) is 22.5 Å². The minimum Gasteiger partial charge on any atom is -0.481 e. The number of thiophene rings is 1. The molecule has 2 aromatic heterocycles. The Kier molecular flexibility index (Phi) is 3.72. The summed E-state index contributed by atoms with van der Waals surface area (Å²) in [6.07, 6.45) is 0.597. The highest BCUT2D eigenvalue weighted by atomic mass is 32.1. The number of carbonyl (C=O) groups is 1. The quantitative estimate of drug-likeness (QED) is 0.920. The molecule has 0 aliphatic carbocycles. The van der Waals surface area contributed by atoms with Crippen molar-refractivity contribution in [3.63, 3.8) is 0 Å². The van der Waals surface area contributed by atoms with Crippen LogP contribution in [0.2, 0.25) is 0 Å². The van der Waals surface area contributed by atoms with Crippen LogP contribution in [0.5, 0.6) is 0 Å². The summed E-state index contributed by atoms with van der Waals surface area (Å²) in [6, 6.07) is 1.98. The molecular weight excluding hydrogens is 248 g/mol. The Hall–Kier alpha value is -1.75. The fraction of sp³-hybridized carbons (Fsp3) is 0.308. The van der Waals surface area contributed by atoms with Crippen molar-refractivity contribution in [3.8, 4) is 11.4 Å². The largest absolute Gasteiger partial charge is 0.481 e. The molecule has 1 N–H and O–H groups in total. The van der Waals surface area contributed by atoms with Gasteiger partial charge in [-0.15, -0.1) is 0 Å². The number of hydrogen-bond acceptors (Lipinski definition) is 4. The summed E-state index contributed by atoms with van der Waals surface area (Å²) in [6.45, 7) is 3.81. The first kappa shape index (κ1) is 12.7. The van der Waals surface area contributed by atoms with Crippen LogP contribution in [0.4, 0.5) is 0 Å². The first-order valence-corrected chi connectivity index (χ1v) is 6.60. The number of carboxylic acids is 1. The summed E-state index contributed by atoms with van der Waals surface area (Å²) >= 11 is 1.61. The number of carboxylic acid groups (broad SMARTS) is 1. The third-order valence-corrected chi connectivity index (χ3v) is 3.47. The number of nitrogens with zero attached hydrogens (tertiary/aromatic N) is 2. The zero-order valence-electron chi connectivity index (χ0n) is 10.3. The van der Waals surface area contributed by atoms with Crippen LogP contribution in [0.1, 0.15) is 23.4 Å². The van der Waals surface area contributed by atoms with Crippen LogP contribution in [0.3, 0.4) is 0 Å².